The summed E-state index contributed by atoms with van der Waals surface area (Å²) in [6.45, 7) is 6.66. The Morgan fingerprint density at radius 3 is 2.79 bits per heavy atom. The molecule has 3 nitrogen and oxygen atoms in total. The van der Waals surface area contributed by atoms with Gasteiger partial charge in [0.05, 0.1) is 5.56 Å². The molecule has 1 N–H and O–H groups in total. The minimum atomic E-state index is -0.850. The van der Waals surface area contributed by atoms with Gasteiger partial charge in [0, 0.05) is 18.8 Å². The van der Waals surface area contributed by atoms with E-state index in [0.29, 0.717) is 5.56 Å². The minimum absolute atomic E-state index is 0.377. The summed E-state index contributed by atoms with van der Waals surface area (Å²) in [4.78, 5) is 13.4. The van der Waals surface area contributed by atoms with Gasteiger partial charge in [-0.05, 0) is 49.3 Å². The Kier molecular flexibility index (Phi) is 4.46. The fraction of sp³-hybridized carbons (Fsp3) is 0.562. The highest BCUT2D eigenvalue weighted by Gasteiger charge is 2.20. The fourth-order valence-corrected chi connectivity index (χ4v) is 2.88. The van der Waals surface area contributed by atoms with E-state index in [9.17, 15) is 4.79 Å². The van der Waals surface area contributed by atoms with E-state index in [1.54, 1.807) is 12.1 Å². The molecule has 0 spiro atoms. The Hall–Kier alpha value is -1.51. The molecule has 1 saturated heterocycles. The first-order valence-corrected chi connectivity index (χ1v) is 7.16. The third kappa shape index (κ3) is 3.49. The molecule has 1 atom stereocenters. The molecule has 0 bridgehead atoms. The van der Waals surface area contributed by atoms with Crippen molar-refractivity contribution < 1.29 is 9.90 Å². The molecular formula is C16H23NO2. The Morgan fingerprint density at radius 2 is 2.11 bits per heavy atom. The zero-order valence-electron chi connectivity index (χ0n) is 11.8. The molecule has 1 aliphatic rings. The first-order valence-electron chi connectivity index (χ1n) is 7.16. The lowest BCUT2D eigenvalue weighted by Crippen LogP contribution is -2.24. The summed E-state index contributed by atoms with van der Waals surface area (Å²) in [6.07, 6.45) is 3.68. The largest absolute Gasteiger partial charge is 0.478 e. The average molecular weight is 261 g/mol. The SMILES string of the molecule is CC(C)C1CCCN(c2cccc(C(=O)O)c2)CC1. The molecule has 3 heteroatoms. The molecule has 1 heterocycles. The summed E-state index contributed by atoms with van der Waals surface area (Å²) < 4.78 is 0. The van der Waals surface area contributed by atoms with Crippen molar-refractivity contribution in [3.8, 4) is 0 Å². The predicted octanol–water partition coefficient (Wildman–Crippen LogP) is 3.65. The Morgan fingerprint density at radius 1 is 1.32 bits per heavy atom. The Labute approximate surface area is 115 Å². The molecule has 0 aliphatic carbocycles. The van der Waals surface area contributed by atoms with Crippen LogP contribution < -0.4 is 4.90 Å². The van der Waals surface area contributed by atoms with E-state index in [1.807, 2.05) is 12.1 Å². The van der Waals surface area contributed by atoms with Crippen molar-refractivity contribution in [3.63, 3.8) is 0 Å². The van der Waals surface area contributed by atoms with Gasteiger partial charge in [-0.3, -0.25) is 0 Å². The van der Waals surface area contributed by atoms with Gasteiger partial charge in [0.2, 0.25) is 0 Å². The third-order valence-electron chi connectivity index (χ3n) is 4.17. The highest BCUT2D eigenvalue weighted by Crippen LogP contribution is 2.27. The van der Waals surface area contributed by atoms with E-state index in [2.05, 4.69) is 18.7 Å². The number of hydrogen-bond acceptors (Lipinski definition) is 2. The molecule has 0 aromatic heterocycles. The summed E-state index contributed by atoms with van der Waals surface area (Å²) in [5.74, 6) is 0.690. The summed E-state index contributed by atoms with van der Waals surface area (Å²) >= 11 is 0. The van der Waals surface area contributed by atoms with Crippen LogP contribution in [0.25, 0.3) is 0 Å². The number of carboxylic acid groups (broad SMARTS) is 1. The molecule has 1 aliphatic heterocycles. The van der Waals surface area contributed by atoms with E-state index in [0.717, 1.165) is 30.6 Å². The van der Waals surface area contributed by atoms with Crippen molar-refractivity contribution in [2.75, 3.05) is 18.0 Å². The molecule has 1 aromatic carbocycles. The van der Waals surface area contributed by atoms with Gasteiger partial charge in [0.25, 0.3) is 0 Å². The van der Waals surface area contributed by atoms with Crippen molar-refractivity contribution in [2.24, 2.45) is 11.8 Å². The van der Waals surface area contributed by atoms with Gasteiger partial charge >= 0.3 is 5.97 Å². The maximum atomic E-state index is 11.0. The first-order chi connectivity index (χ1) is 9.08. The first kappa shape index (κ1) is 13.9. The molecule has 2 rings (SSSR count). The molecule has 0 radical (unpaired) electrons. The summed E-state index contributed by atoms with van der Waals surface area (Å²) in [6, 6.07) is 7.30. The Bertz CT molecular complexity index is 442. The van der Waals surface area contributed by atoms with Crippen LogP contribution in [0.2, 0.25) is 0 Å². The quantitative estimate of drug-likeness (QED) is 0.903. The Balaban J connectivity index is 2.09. The van der Waals surface area contributed by atoms with Gasteiger partial charge in [-0.2, -0.15) is 0 Å². The number of carboxylic acids is 1. The molecule has 19 heavy (non-hydrogen) atoms. The number of anilines is 1. The van der Waals surface area contributed by atoms with Crippen LogP contribution in [-0.4, -0.2) is 24.2 Å². The predicted molar refractivity (Wildman–Crippen MR) is 77.8 cm³/mol. The second-order valence-electron chi connectivity index (χ2n) is 5.78. The molecule has 1 aromatic rings. The van der Waals surface area contributed by atoms with Gasteiger partial charge in [0.1, 0.15) is 0 Å². The summed E-state index contributed by atoms with van der Waals surface area (Å²) in [5.41, 5.74) is 1.42. The lowest BCUT2D eigenvalue weighted by atomic mass is 9.89. The van der Waals surface area contributed by atoms with Gasteiger partial charge < -0.3 is 10.0 Å². The number of hydrogen-bond donors (Lipinski definition) is 1. The lowest BCUT2D eigenvalue weighted by molar-refractivity contribution is 0.0697. The molecule has 104 valence electrons. The summed E-state index contributed by atoms with van der Waals surface area (Å²) in [5, 5.41) is 9.06. The van der Waals surface area contributed by atoms with Crippen molar-refractivity contribution in [3.05, 3.63) is 29.8 Å². The van der Waals surface area contributed by atoms with E-state index in [4.69, 9.17) is 5.11 Å². The smallest absolute Gasteiger partial charge is 0.335 e. The maximum absolute atomic E-state index is 11.0. The van der Waals surface area contributed by atoms with Crippen LogP contribution in [0.1, 0.15) is 43.5 Å². The fourth-order valence-electron chi connectivity index (χ4n) is 2.88. The van der Waals surface area contributed by atoms with Gasteiger partial charge in [-0.1, -0.05) is 19.9 Å². The maximum Gasteiger partial charge on any atom is 0.335 e. The molecule has 0 amide bonds. The normalized spacial score (nSPS) is 20.4. The minimum Gasteiger partial charge on any atom is -0.478 e. The highest BCUT2D eigenvalue weighted by atomic mass is 16.4. The molecule has 1 unspecified atom stereocenters. The van der Waals surface area contributed by atoms with Crippen LogP contribution in [-0.2, 0) is 0 Å². The second-order valence-corrected chi connectivity index (χ2v) is 5.78. The second kappa shape index (κ2) is 6.09. The standard InChI is InChI=1S/C16H23NO2/c1-12(2)13-6-4-9-17(10-8-13)15-7-3-5-14(11-15)16(18)19/h3,5,7,11-13H,4,6,8-10H2,1-2H3,(H,18,19). The summed E-state index contributed by atoms with van der Waals surface area (Å²) in [7, 11) is 0. The van der Waals surface area contributed by atoms with Crippen LogP contribution in [0.4, 0.5) is 5.69 Å². The number of carbonyl (C=O) groups is 1. The number of benzene rings is 1. The third-order valence-corrected chi connectivity index (χ3v) is 4.17. The average Bonchev–Trinajstić information content (AvgIpc) is 2.64. The monoisotopic (exact) mass is 261 g/mol. The zero-order valence-corrected chi connectivity index (χ0v) is 11.8. The van der Waals surface area contributed by atoms with Crippen molar-refractivity contribution >= 4 is 11.7 Å². The molecular weight excluding hydrogens is 238 g/mol. The van der Waals surface area contributed by atoms with E-state index in [-0.39, 0.29) is 0 Å². The number of nitrogens with zero attached hydrogens (tertiary/aromatic N) is 1. The highest BCUT2D eigenvalue weighted by molar-refractivity contribution is 5.88. The van der Waals surface area contributed by atoms with E-state index >= 15 is 0 Å². The molecule has 1 fully saturated rings. The van der Waals surface area contributed by atoms with Crippen molar-refractivity contribution in [1.82, 2.24) is 0 Å². The van der Waals surface area contributed by atoms with Crippen LogP contribution in [0.3, 0.4) is 0 Å². The van der Waals surface area contributed by atoms with Crippen LogP contribution >= 0.6 is 0 Å². The van der Waals surface area contributed by atoms with Gasteiger partial charge in [-0.25, -0.2) is 4.79 Å². The lowest BCUT2D eigenvalue weighted by Gasteiger charge is -2.23. The van der Waals surface area contributed by atoms with Gasteiger partial charge in [0.15, 0.2) is 0 Å². The van der Waals surface area contributed by atoms with E-state index in [1.165, 1.54) is 19.3 Å². The number of rotatable bonds is 3. The zero-order chi connectivity index (χ0) is 13.8. The topological polar surface area (TPSA) is 40.5 Å². The van der Waals surface area contributed by atoms with E-state index < -0.39 is 5.97 Å². The van der Waals surface area contributed by atoms with Crippen molar-refractivity contribution in [2.45, 2.75) is 33.1 Å². The van der Waals surface area contributed by atoms with Gasteiger partial charge in [-0.15, -0.1) is 0 Å². The van der Waals surface area contributed by atoms with Crippen molar-refractivity contribution in [1.29, 1.82) is 0 Å². The van der Waals surface area contributed by atoms with Crippen LogP contribution in [0.15, 0.2) is 24.3 Å². The number of aromatic carboxylic acids is 1. The van der Waals surface area contributed by atoms with Crippen LogP contribution in [0, 0.1) is 11.8 Å². The van der Waals surface area contributed by atoms with Crippen LogP contribution in [0.5, 0.6) is 0 Å². The molecule has 0 saturated carbocycles.